The van der Waals surface area contributed by atoms with Gasteiger partial charge in [-0.1, -0.05) is 12.1 Å². The first-order valence-electron chi connectivity index (χ1n) is 6.10. The summed E-state index contributed by atoms with van der Waals surface area (Å²) in [4.78, 5) is 13.8. The lowest BCUT2D eigenvalue weighted by atomic mass is 10.2. The summed E-state index contributed by atoms with van der Waals surface area (Å²) in [5.74, 6) is 0.995. The molecule has 1 N–H and O–H groups in total. The number of amides is 1. The van der Waals surface area contributed by atoms with Crippen LogP contribution in [0.2, 0.25) is 0 Å². The third-order valence-corrected chi connectivity index (χ3v) is 2.89. The van der Waals surface area contributed by atoms with Crippen molar-refractivity contribution >= 4 is 17.4 Å². The molecular formula is C14H16N4O2. The molecule has 1 heterocycles. The molecule has 20 heavy (non-hydrogen) atoms. The van der Waals surface area contributed by atoms with Crippen molar-refractivity contribution in [2.75, 3.05) is 31.4 Å². The standard InChI is InChI=1S/C14H16N4O2/c1-15-13-9-8-10(16-17-13)14(19)18(2)11-6-4-5-7-12(11)20-3/h4-9H,1-3H3,(H,15,17). The summed E-state index contributed by atoms with van der Waals surface area (Å²) in [6.45, 7) is 0. The Bertz CT molecular complexity index is 598. The summed E-state index contributed by atoms with van der Waals surface area (Å²) in [7, 11) is 4.99. The number of nitrogens with one attached hydrogen (secondary N) is 1. The number of rotatable bonds is 4. The van der Waals surface area contributed by atoms with Crippen LogP contribution in [0, 0.1) is 0 Å². The molecule has 2 rings (SSSR count). The highest BCUT2D eigenvalue weighted by Crippen LogP contribution is 2.27. The lowest BCUT2D eigenvalue weighted by molar-refractivity contribution is 0.0986. The van der Waals surface area contributed by atoms with E-state index in [1.807, 2.05) is 18.2 Å². The number of benzene rings is 1. The molecule has 0 aliphatic rings. The Morgan fingerprint density at radius 2 is 1.95 bits per heavy atom. The van der Waals surface area contributed by atoms with Gasteiger partial charge in [0.15, 0.2) is 5.69 Å². The van der Waals surface area contributed by atoms with Gasteiger partial charge in [0.05, 0.1) is 12.8 Å². The van der Waals surface area contributed by atoms with E-state index in [4.69, 9.17) is 4.74 Å². The van der Waals surface area contributed by atoms with Crippen LogP contribution < -0.4 is 15.0 Å². The van der Waals surface area contributed by atoms with Gasteiger partial charge in [-0.2, -0.15) is 0 Å². The van der Waals surface area contributed by atoms with E-state index < -0.39 is 0 Å². The Morgan fingerprint density at radius 1 is 1.20 bits per heavy atom. The number of nitrogens with zero attached hydrogens (tertiary/aromatic N) is 3. The SMILES string of the molecule is CNc1ccc(C(=O)N(C)c2ccccc2OC)nn1. The van der Waals surface area contributed by atoms with Gasteiger partial charge in [-0.3, -0.25) is 4.79 Å². The quantitative estimate of drug-likeness (QED) is 0.919. The average Bonchev–Trinajstić information content (AvgIpc) is 2.53. The van der Waals surface area contributed by atoms with E-state index in [2.05, 4.69) is 15.5 Å². The average molecular weight is 272 g/mol. The van der Waals surface area contributed by atoms with E-state index >= 15 is 0 Å². The zero-order chi connectivity index (χ0) is 14.5. The van der Waals surface area contributed by atoms with Crippen LogP contribution in [-0.2, 0) is 0 Å². The van der Waals surface area contributed by atoms with Crippen molar-refractivity contribution in [1.82, 2.24) is 10.2 Å². The normalized spacial score (nSPS) is 9.95. The molecule has 2 aromatic rings. The number of methoxy groups -OCH3 is 1. The minimum Gasteiger partial charge on any atom is -0.495 e. The van der Waals surface area contributed by atoms with Gasteiger partial charge in [0.2, 0.25) is 0 Å². The number of carbonyl (C=O) groups is 1. The molecule has 1 amide bonds. The predicted octanol–water partition coefficient (Wildman–Crippen LogP) is 1.80. The summed E-state index contributed by atoms with van der Waals surface area (Å²) in [6.07, 6.45) is 0. The van der Waals surface area contributed by atoms with Crippen LogP contribution in [-0.4, -0.2) is 37.3 Å². The number of anilines is 2. The predicted molar refractivity (Wildman–Crippen MR) is 77.3 cm³/mol. The largest absolute Gasteiger partial charge is 0.495 e. The number of carbonyl (C=O) groups excluding carboxylic acids is 1. The first-order chi connectivity index (χ1) is 9.67. The first-order valence-corrected chi connectivity index (χ1v) is 6.10. The van der Waals surface area contributed by atoms with Gasteiger partial charge >= 0.3 is 0 Å². The van der Waals surface area contributed by atoms with E-state index in [1.54, 1.807) is 39.4 Å². The van der Waals surface area contributed by atoms with E-state index in [1.165, 1.54) is 4.90 Å². The maximum Gasteiger partial charge on any atom is 0.278 e. The number of ether oxygens (including phenoxy) is 1. The van der Waals surface area contributed by atoms with Gasteiger partial charge < -0.3 is 15.0 Å². The van der Waals surface area contributed by atoms with Crippen LogP contribution in [0.25, 0.3) is 0 Å². The van der Waals surface area contributed by atoms with Gasteiger partial charge in [0, 0.05) is 14.1 Å². The number of hydrogen-bond donors (Lipinski definition) is 1. The molecular weight excluding hydrogens is 256 g/mol. The Kier molecular flexibility index (Phi) is 4.14. The second-order valence-corrected chi connectivity index (χ2v) is 4.09. The fourth-order valence-electron chi connectivity index (χ4n) is 1.77. The first kappa shape index (κ1) is 13.8. The summed E-state index contributed by atoms with van der Waals surface area (Å²) >= 11 is 0. The number of para-hydroxylation sites is 2. The van der Waals surface area contributed by atoms with Crippen molar-refractivity contribution < 1.29 is 9.53 Å². The second-order valence-electron chi connectivity index (χ2n) is 4.09. The summed E-state index contributed by atoms with van der Waals surface area (Å²) in [5.41, 5.74) is 0.955. The van der Waals surface area contributed by atoms with Crippen LogP contribution in [0.4, 0.5) is 11.5 Å². The Morgan fingerprint density at radius 3 is 2.55 bits per heavy atom. The summed E-state index contributed by atoms with van der Waals surface area (Å²) in [5, 5.41) is 10.7. The van der Waals surface area contributed by atoms with Crippen LogP contribution >= 0.6 is 0 Å². The van der Waals surface area contributed by atoms with Crippen molar-refractivity contribution in [3.63, 3.8) is 0 Å². The topological polar surface area (TPSA) is 67.4 Å². The molecule has 0 radical (unpaired) electrons. The third-order valence-electron chi connectivity index (χ3n) is 2.89. The molecule has 0 atom stereocenters. The Hall–Kier alpha value is -2.63. The fraction of sp³-hybridized carbons (Fsp3) is 0.214. The highest BCUT2D eigenvalue weighted by Gasteiger charge is 2.18. The molecule has 0 fully saturated rings. The highest BCUT2D eigenvalue weighted by molar-refractivity contribution is 6.05. The van der Waals surface area contributed by atoms with E-state index in [9.17, 15) is 4.79 Å². The van der Waals surface area contributed by atoms with Gasteiger partial charge in [0.1, 0.15) is 11.6 Å². The number of hydrogen-bond acceptors (Lipinski definition) is 5. The monoisotopic (exact) mass is 272 g/mol. The van der Waals surface area contributed by atoms with Crippen molar-refractivity contribution in [1.29, 1.82) is 0 Å². The van der Waals surface area contributed by atoms with Crippen LogP contribution in [0.15, 0.2) is 36.4 Å². The molecule has 0 saturated carbocycles. The van der Waals surface area contributed by atoms with Gasteiger partial charge in [-0.15, -0.1) is 10.2 Å². The Balaban J connectivity index is 2.27. The molecule has 0 aliphatic carbocycles. The second kappa shape index (κ2) is 6.01. The van der Waals surface area contributed by atoms with Crippen LogP contribution in [0.5, 0.6) is 5.75 Å². The minimum absolute atomic E-state index is 0.246. The summed E-state index contributed by atoms with van der Waals surface area (Å²) < 4.78 is 5.25. The third kappa shape index (κ3) is 2.69. The molecule has 1 aromatic heterocycles. The lowest BCUT2D eigenvalue weighted by Crippen LogP contribution is -2.27. The minimum atomic E-state index is -0.246. The van der Waals surface area contributed by atoms with Crippen LogP contribution in [0.3, 0.4) is 0 Å². The molecule has 0 spiro atoms. The van der Waals surface area contributed by atoms with Crippen LogP contribution in [0.1, 0.15) is 10.5 Å². The van der Waals surface area contributed by atoms with E-state index in [-0.39, 0.29) is 11.6 Å². The molecule has 0 aliphatic heterocycles. The zero-order valence-electron chi connectivity index (χ0n) is 11.6. The molecule has 104 valence electrons. The highest BCUT2D eigenvalue weighted by atomic mass is 16.5. The lowest BCUT2D eigenvalue weighted by Gasteiger charge is -2.19. The number of aromatic nitrogens is 2. The van der Waals surface area contributed by atoms with E-state index in [0.717, 1.165) is 0 Å². The smallest absolute Gasteiger partial charge is 0.278 e. The van der Waals surface area contributed by atoms with E-state index in [0.29, 0.717) is 17.3 Å². The Labute approximate surface area is 117 Å². The van der Waals surface area contributed by atoms with Gasteiger partial charge in [-0.25, -0.2) is 0 Å². The van der Waals surface area contributed by atoms with Crippen molar-refractivity contribution in [2.24, 2.45) is 0 Å². The molecule has 6 heteroatoms. The maximum atomic E-state index is 12.4. The molecule has 6 nitrogen and oxygen atoms in total. The maximum absolute atomic E-state index is 12.4. The van der Waals surface area contributed by atoms with Gasteiger partial charge in [0.25, 0.3) is 5.91 Å². The zero-order valence-corrected chi connectivity index (χ0v) is 11.6. The van der Waals surface area contributed by atoms with Crippen molar-refractivity contribution in [3.8, 4) is 5.75 Å². The fourth-order valence-corrected chi connectivity index (χ4v) is 1.77. The molecule has 0 bridgehead atoms. The molecule has 0 saturated heterocycles. The molecule has 0 unspecified atom stereocenters. The van der Waals surface area contributed by atoms with Crippen molar-refractivity contribution in [2.45, 2.75) is 0 Å². The van der Waals surface area contributed by atoms with Crippen molar-refractivity contribution in [3.05, 3.63) is 42.1 Å². The summed E-state index contributed by atoms with van der Waals surface area (Å²) in [6, 6.07) is 10.6. The molecule has 1 aromatic carbocycles. The van der Waals surface area contributed by atoms with Gasteiger partial charge in [-0.05, 0) is 24.3 Å².